The average Bonchev–Trinajstić information content (AvgIpc) is 2.51. The van der Waals surface area contributed by atoms with Crippen LogP contribution in [0.5, 0.6) is 0 Å². The van der Waals surface area contributed by atoms with Gasteiger partial charge in [-0.25, -0.2) is 4.79 Å². The minimum Gasteiger partial charge on any atom is -0.480 e. The summed E-state index contributed by atoms with van der Waals surface area (Å²) in [5, 5.41) is 13.4. The predicted octanol–water partition coefficient (Wildman–Crippen LogP) is 1.45. The van der Waals surface area contributed by atoms with Gasteiger partial charge in [0.1, 0.15) is 18.7 Å². The van der Waals surface area contributed by atoms with Gasteiger partial charge < -0.3 is 20.5 Å². The Bertz CT molecular complexity index is 585. The summed E-state index contributed by atoms with van der Waals surface area (Å²) in [5.41, 5.74) is 1.16. The summed E-state index contributed by atoms with van der Waals surface area (Å²) >= 11 is 0. The largest absolute Gasteiger partial charge is 0.480 e. The number of alkyl carbamates (subject to hydrolysis) is 1. The molecule has 3 N–H and O–H groups in total. The van der Waals surface area contributed by atoms with Crippen molar-refractivity contribution in [3.63, 3.8) is 0 Å². The van der Waals surface area contributed by atoms with Crippen molar-refractivity contribution < 1.29 is 24.2 Å². The topological polar surface area (TPSA) is 105 Å². The van der Waals surface area contributed by atoms with Gasteiger partial charge in [-0.15, -0.1) is 0 Å². The van der Waals surface area contributed by atoms with E-state index in [9.17, 15) is 14.4 Å². The summed E-state index contributed by atoms with van der Waals surface area (Å²) in [7, 11) is 0. The molecule has 0 aromatic heterocycles. The van der Waals surface area contributed by atoms with E-state index in [-0.39, 0.29) is 6.61 Å². The van der Waals surface area contributed by atoms with Crippen molar-refractivity contribution in [3.05, 3.63) is 48.0 Å². The number of carboxylic acids is 1. The number of nitrogens with one attached hydrogen (secondary N) is 2. The van der Waals surface area contributed by atoms with Crippen LogP contribution in [-0.4, -0.2) is 35.2 Å². The van der Waals surface area contributed by atoms with Gasteiger partial charge in [0, 0.05) is 0 Å². The number of rotatable bonds is 7. The van der Waals surface area contributed by atoms with Crippen LogP contribution in [-0.2, 0) is 20.9 Å². The number of aliphatic carboxylic acids is 1. The van der Waals surface area contributed by atoms with Crippen LogP contribution in [0.3, 0.4) is 0 Å². The molecule has 0 saturated carbocycles. The highest BCUT2D eigenvalue weighted by Gasteiger charge is 2.25. The molecular weight excluding hydrogens is 300 g/mol. The van der Waals surface area contributed by atoms with Crippen molar-refractivity contribution in [2.24, 2.45) is 0 Å². The molecule has 1 aromatic carbocycles. The molecule has 0 heterocycles. The van der Waals surface area contributed by atoms with Gasteiger partial charge in [-0.05, 0) is 25.0 Å². The highest BCUT2D eigenvalue weighted by molar-refractivity contribution is 5.91. The number of carbonyl (C=O) groups excluding carboxylic acids is 2. The second-order valence-corrected chi connectivity index (χ2v) is 5.05. The monoisotopic (exact) mass is 320 g/mol. The fraction of sp³-hybridized carbons (Fsp3) is 0.312. The number of carbonyl (C=O) groups is 3. The smallest absolute Gasteiger partial charge is 0.408 e. The Morgan fingerprint density at radius 1 is 1.22 bits per heavy atom. The third-order valence-electron chi connectivity index (χ3n) is 2.96. The molecule has 0 aliphatic carbocycles. The molecule has 23 heavy (non-hydrogen) atoms. The van der Waals surface area contributed by atoms with Gasteiger partial charge in [-0.2, -0.15) is 0 Å². The van der Waals surface area contributed by atoms with E-state index in [1.54, 1.807) is 19.1 Å². The average molecular weight is 320 g/mol. The summed E-state index contributed by atoms with van der Waals surface area (Å²) in [4.78, 5) is 34.5. The van der Waals surface area contributed by atoms with Crippen LogP contribution in [0.15, 0.2) is 42.5 Å². The van der Waals surface area contributed by atoms with E-state index in [0.717, 1.165) is 5.56 Å². The minimum atomic E-state index is -1.18. The number of ether oxygens (including phenoxy) is 1. The van der Waals surface area contributed by atoms with Gasteiger partial charge in [0.2, 0.25) is 5.91 Å². The zero-order valence-corrected chi connectivity index (χ0v) is 13.0. The van der Waals surface area contributed by atoms with Gasteiger partial charge in [0.05, 0.1) is 0 Å². The summed E-state index contributed by atoms with van der Waals surface area (Å²) in [5.74, 6) is -1.84. The van der Waals surface area contributed by atoms with E-state index in [1.807, 2.05) is 18.2 Å². The van der Waals surface area contributed by atoms with Crippen molar-refractivity contribution in [2.45, 2.75) is 32.5 Å². The zero-order chi connectivity index (χ0) is 17.4. The van der Waals surface area contributed by atoms with Gasteiger partial charge in [-0.3, -0.25) is 9.59 Å². The number of carboxylic acid groups (broad SMARTS) is 1. The molecule has 7 heteroatoms. The number of amides is 2. The lowest BCUT2D eigenvalue weighted by molar-refractivity contribution is -0.141. The summed E-state index contributed by atoms with van der Waals surface area (Å²) in [6.07, 6.45) is -0.792. The van der Waals surface area contributed by atoms with Crippen molar-refractivity contribution in [3.8, 4) is 0 Å². The molecular formula is C16H20N2O5. The van der Waals surface area contributed by atoms with E-state index in [4.69, 9.17) is 9.84 Å². The fourth-order valence-electron chi connectivity index (χ4n) is 1.65. The highest BCUT2D eigenvalue weighted by Crippen LogP contribution is 2.03. The Morgan fingerprint density at radius 3 is 2.35 bits per heavy atom. The van der Waals surface area contributed by atoms with Gasteiger partial charge in [0.15, 0.2) is 0 Å². The number of hydrogen-bond acceptors (Lipinski definition) is 4. The van der Waals surface area contributed by atoms with Crippen LogP contribution in [0, 0.1) is 0 Å². The van der Waals surface area contributed by atoms with E-state index in [2.05, 4.69) is 17.2 Å². The van der Waals surface area contributed by atoms with Crippen LogP contribution < -0.4 is 10.6 Å². The lowest BCUT2D eigenvalue weighted by Gasteiger charge is -2.19. The van der Waals surface area contributed by atoms with Crippen LogP contribution in [0.25, 0.3) is 0 Å². The van der Waals surface area contributed by atoms with Crippen LogP contribution in [0.1, 0.15) is 19.4 Å². The van der Waals surface area contributed by atoms with E-state index in [0.29, 0.717) is 5.57 Å². The number of benzene rings is 1. The van der Waals surface area contributed by atoms with Crippen LogP contribution >= 0.6 is 0 Å². The maximum absolute atomic E-state index is 12.0. The second kappa shape index (κ2) is 8.57. The standard InChI is InChI=1S/C16H20N2O5/c1-10(2)13(14(19)17-11(3)15(20)21)18-16(22)23-9-12-7-5-4-6-8-12/h4-8,11,13H,1,9H2,2-3H3,(H,17,19)(H,18,22)(H,20,21)/t11-,13-/m0/s1. The third-order valence-corrected chi connectivity index (χ3v) is 2.96. The van der Waals surface area contributed by atoms with Crippen molar-refractivity contribution in [2.75, 3.05) is 0 Å². The van der Waals surface area contributed by atoms with Crippen molar-refractivity contribution >= 4 is 18.0 Å². The van der Waals surface area contributed by atoms with Crippen molar-refractivity contribution in [1.29, 1.82) is 0 Å². The van der Waals surface area contributed by atoms with Crippen molar-refractivity contribution in [1.82, 2.24) is 10.6 Å². The van der Waals surface area contributed by atoms with E-state index in [1.165, 1.54) is 6.92 Å². The molecule has 124 valence electrons. The molecule has 0 aliphatic rings. The Hall–Kier alpha value is -2.83. The molecule has 2 amide bonds. The number of hydrogen-bond donors (Lipinski definition) is 3. The summed E-state index contributed by atoms with van der Waals surface area (Å²) in [6.45, 7) is 6.55. The Labute approximate surface area is 134 Å². The Morgan fingerprint density at radius 2 is 1.83 bits per heavy atom. The molecule has 0 saturated heterocycles. The molecule has 0 unspecified atom stereocenters. The fourth-order valence-corrected chi connectivity index (χ4v) is 1.65. The molecule has 0 fully saturated rings. The minimum absolute atomic E-state index is 0.0583. The first-order valence-corrected chi connectivity index (χ1v) is 6.97. The lowest BCUT2D eigenvalue weighted by atomic mass is 10.1. The van der Waals surface area contributed by atoms with E-state index >= 15 is 0 Å². The summed E-state index contributed by atoms with van der Waals surface area (Å²) in [6, 6.07) is 6.92. The molecule has 0 bridgehead atoms. The molecule has 1 aromatic rings. The molecule has 2 atom stereocenters. The molecule has 0 aliphatic heterocycles. The third kappa shape index (κ3) is 6.21. The van der Waals surface area contributed by atoms with Crippen LogP contribution in [0.4, 0.5) is 4.79 Å². The SMILES string of the molecule is C=C(C)[C@H](NC(=O)OCc1ccccc1)C(=O)N[C@@H](C)C(=O)O. The molecule has 1 rings (SSSR count). The van der Waals surface area contributed by atoms with Gasteiger partial charge >= 0.3 is 12.1 Å². The normalized spacial score (nSPS) is 12.6. The Kier molecular flexibility index (Phi) is 6.79. The first-order chi connectivity index (χ1) is 10.8. The maximum atomic E-state index is 12.0. The zero-order valence-electron chi connectivity index (χ0n) is 13.0. The quantitative estimate of drug-likeness (QED) is 0.660. The maximum Gasteiger partial charge on any atom is 0.408 e. The first-order valence-electron chi connectivity index (χ1n) is 6.97. The molecule has 0 radical (unpaired) electrons. The van der Waals surface area contributed by atoms with Crippen LogP contribution in [0.2, 0.25) is 0 Å². The predicted molar refractivity (Wildman–Crippen MR) is 83.6 cm³/mol. The first kappa shape index (κ1) is 18.2. The van der Waals surface area contributed by atoms with Gasteiger partial charge in [0.25, 0.3) is 0 Å². The van der Waals surface area contributed by atoms with Gasteiger partial charge in [-0.1, -0.05) is 36.9 Å². The van der Waals surface area contributed by atoms with E-state index < -0.39 is 30.1 Å². The highest BCUT2D eigenvalue weighted by atomic mass is 16.5. The summed E-state index contributed by atoms with van der Waals surface area (Å²) < 4.78 is 5.02. The molecule has 0 spiro atoms. The molecule has 7 nitrogen and oxygen atoms in total. The second-order valence-electron chi connectivity index (χ2n) is 5.05. The lowest BCUT2D eigenvalue weighted by Crippen LogP contribution is -2.51. The Balaban J connectivity index is 2.58.